The number of ketones is 1. The van der Waals surface area contributed by atoms with Crippen molar-refractivity contribution in [1.82, 2.24) is 5.32 Å². The van der Waals surface area contributed by atoms with Gasteiger partial charge in [0.05, 0.1) is 0 Å². The molecule has 3 heteroatoms. The summed E-state index contributed by atoms with van der Waals surface area (Å²) in [4.78, 5) is 24.4. The summed E-state index contributed by atoms with van der Waals surface area (Å²) in [5, 5.41) is 2.89. The van der Waals surface area contributed by atoms with Crippen molar-refractivity contribution in [2.45, 2.75) is 13.3 Å². The highest BCUT2D eigenvalue weighted by Crippen LogP contribution is 2.11. The molecule has 0 aromatic heterocycles. The molecule has 0 saturated carbocycles. The summed E-state index contributed by atoms with van der Waals surface area (Å²) >= 11 is 0. The quantitative estimate of drug-likeness (QED) is 0.623. The average Bonchev–Trinajstić information content (AvgIpc) is 2.60. The van der Waals surface area contributed by atoms with E-state index in [-0.39, 0.29) is 11.7 Å². The lowest BCUT2D eigenvalue weighted by Gasteiger charge is -2.10. The highest BCUT2D eigenvalue weighted by atomic mass is 16.1. The van der Waals surface area contributed by atoms with Crippen molar-refractivity contribution in [1.29, 1.82) is 0 Å². The van der Waals surface area contributed by atoms with Crippen LogP contribution < -0.4 is 5.32 Å². The summed E-state index contributed by atoms with van der Waals surface area (Å²) in [6.07, 6.45) is 2.71. The predicted molar refractivity (Wildman–Crippen MR) is 92.6 cm³/mol. The Morgan fingerprint density at radius 3 is 2.17 bits per heavy atom. The third kappa shape index (κ3) is 4.65. The third-order valence-corrected chi connectivity index (χ3v) is 3.63. The van der Waals surface area contributed by atoms with Gasteiger partial charge in [-0.3, -0.25) is 9.59 Å². The molecular weight excluding hydrogens is 286 g/mol. The van der Waals surface area contributed by atoms with Crippen molar-refractivity contribution in [3.63, 3.8) is 0 Å². The van der Waals surface area contributed by atoms with E-state index in [1.54, 1.807) is 36.4 Å². The SMILES string of the molecule is C=CCC(C)CNC(=O)c1ccc(C(=O)c2ccccc2)cc1. The Kier molecular flexibility index (Phi) is 5.87. The van der Waals surface area contributed by atoms with Gasteiger partial charge >= 0.3 is 0 Å². The lowest BCUT2D eigenvalue weighted by molar-refractivity contribution is 0.0946. The first kappa shape index (κ1) is 16.7. The summed E-state index contributed by atoms with van der Waals surface area (Å²) in [5.41, 5.74) is 1.77. The molecule has 0 radical (unpaired) electrons. The molecule has 1 N–H and O–H groups in total. The van der Waals surface area contributed by atoms with E-state index < -0.39 is 0 Å². The van der Waals surface area contributed by atoms with Crippen LogP contribution in [0.15, 0.2) is 67.3 Å². The molecule has 1 unspecified atom stereocenters. The standard InChI is InChI=1S/C20H21NO2/c1-3-7-15(2)14-21-20(23)18-12-10-17(11-13-18)19(22)16-8-5-4-6-9-16/h3-6,8-13,15H,1,7,14H2,2H3,(H,21,23). The maximum absolute atomic E-state index is 12.3. The van der Waals surface area contributed by atoms with Gasteiger partial charge < -0.3 is 5.32 Å². The smallest absolute Gasteiger partial charge is 0.251 e. The molecule has 0 heterocycles. The van der Waals surface area contributed by atoms with Gasteiger partial charge in [0.2, 0.25) is 0 Å². The van der Waals surface area contributed by atoms with E-state index in [4.69, 9.17) is 0 Å². The fourth-order valence-electron chi connectivity index (χ4n) is 2.27. The van der Waals surface area contributed by atoms with Gasteiger partial charge in [0.1, 0.15) is 0 Å². The molecule has 1 atom stereocenters. The van der Waals surface area contributed by atoms with Gasteiger partial charge in [0, 0.05) is 23.2 Å². The molecule has 0 aliphatic carbocycles. The van der Waals surface area contributed by atoms with Gasteiger partial charge in [0.15, 0.2) is 5.78 Å². The van der Waals surface area contributed by atoms with Gasteiger partial charge in [-0.05, 0) is 24.5 Å². The zero-order valence-corrected chi connectivity index (χ0v) is 13.3. The molecule has 1 amide bonds. The fraction of sp³-hybridized carbons (Fsp3) is 0.200. The van der Waals surface area contributed by atoms with Crippen LogP contribution in [0.5, 0.6) is 0 Å². The predicted octanol–water partition coefficient (Wildman–Crippen LogP) is 3.86. The van der Waals surface area contributed by atoms with E-state index in [1.165, 1.54) is 0 Å². The van der Waals surface area contributed by atoms with Crippen LogP contribution in [0.4, 0.5) is 0 Å². The number of carbonyl (C=O) groups excluding carboxylic acids is 2. The van der Waals surface area contributed by atoms with E-state index in [0.29, 0.717) is 29.2 Å². The first-order chi connectivity index (χ1) is 11.1. The summed E-state index contributed by atoms with van der Waals surface area (Å²) in [5.74, 6) is 0.187. The van der Waals surface area contributed by atoms with Gasteiger partial charge in [-0.1, -0.05) is 55.5 Å². The molecule has 2 aromatic carbocycles. The Morgan fingerprint density at radius 2 is 1.57 bits per heavy atom. The molecule has 0 aliphatic rings. The lowest BCUT2D eigenvalue weighted by atomic mass is 10.0. The van der Waals surface area contributed by atoms with Crippen LogP contribution in [0, 0.1) is 5.92 Å². The van der Waals surface area contributed by atoms with E-state index in [1.807, 2.05) is 24.3 Å². The number of carbonyl (C=O) groups is 2. The second kappa shape index (κ2) is 8.08. The number of amides is 1. The van der Waals surface area contributed by atoms with Crippen LogP contribution in [0.2, 0.25) is 0 Å². The fourth-order valence-corrected chi connectivity index (χ4v) is 2.27. The minimum Gasteiger partial charge on any atom is -0.352 e. The van der Waals surface area contributed by atoms with Gasteiger partial charge in [-0.25, -0.2) is 0 Å². The minimum absolute atomic E-state index is 0.0443. The van der Waals surface area contributed by atoms with Crippen molar-refractivity contribution in [3.8, 4) is 0 Å². The molecule has 23 heavy (non-hydrogen) atoms. The average molecular weight is 307 g/mol. The van der Waals surface area contributed by atoms with E-state index in [2.05, 4.69) is 18.8 Å². The molecule has 2 aromatic rings. The maximum Gasteiger partial charge on any atom is 0.251 e. The zero-order valence-electron chi connectivity index (χ0n) is 13.3. The third-order valence-electron chi connectivity index (χ3n) is 3.63. The topological polar surface area (TPSA) is 46.2 Å². The Bertz CT molecular complexity index is 675. The number of rotatable bonds is 7. The normalized spacial score (nSPS) is 11.5. The number of allylic oxidation sites excluding steroid dienone is 1. The first-order valence-corrected chi connectivity index (χ1v) is 7.70. The lowest BCUT2D eigenvalue weighted by Crippen LogP contribution is -2.28. The van der Waals surface area contributed by atoms with Crippen LogP contribution in [0.1, 0.15) is 39.6 Å². The van der Waals surface area contributed by atoms with Crippen LogP contribution in [-0.4, -0.2) is 18.2 Å². The molecular formula is C20H21NO2. The summed E-state index contributed by atoms with van der Waals surface area (Å²) in [7, 11) is 0. The number of benzene rings is 2. The number of hydrogen-bond acceptors (Lipinski definition) is 2. The largest absolute Gasteiger partial charge is 0.352 e. The Labute approximate surface area is 137 Å². The second-order valence-electron chi connectivity index (χ2n) is 5.61. The molecule has 0 bridgehead atoms. The molecule has 0 spiro atoms. The van der Waals surface area contributed by atoms with Gasteiger partial charge in [-0.15, -0.1) is 6.58 Å². The second-order valence-corrected chi connectivity index (χ2v) is 5.61. The first-order valence-electron chi connectivity index (χ1n) is 7.70. The minimum atomic E-state index is -0.125. The highest BCUT2D eigenvalue weighted by Gasteiger charge is 2.11. The zero-order chi connectivity index (χ0) is 16.7. The number of nitrogens with one attached hydrogen (secondary N) is 1. The molecule has 118 valence electrons. The van der Waals surface area contributed by atoms with Gasteiger partial charge in [-0.2, -0.15) is 0 Å². The van der Waals surface area contributed by atoms with Crippen LogP contribution >= 0.6 is 0 Å². The van der Waals surface area contributed by atoms with Crippen molar-refractivity contribution in [3.05, 3.63) is 83.9 Å². The molecule has 0 aliphatic heterocycles. The van der Waals surface area contributed by atoms with E-state index in [9.17, 15) is 9.59 Å². The highest BCUT2D eigenvalue weighted by molar-refractivity contribution is 6.09. The summed E-state index contributed by atoms with van der Waals surface area (Å²) < 4.78 is 0. The van der Waals surface area contributed by atoms with Crippen LogP contribution in [-0.2, 0) is 0 Å². The summed E-state index contributed by atoms with van der Waals surface area (Å²) in [6.45, 7) is 6.36. The van der Waals surface area contributed by atoms with Crippen molar-refractivity contribution >= 4 is 11.7 Å². The monoisotopic (exact) mass is 307 g/mol. The molecule has 0 fully saturated rings. The molecule has 3 nitrogen and oxygen atoms in total. The van der Waals surface area contributed by atoms with Crippen molar-refractivity contribution in [2.75, 3.05) is 6.54 Å². The van der Waals surface area contributed by atoms with E-state index in [0.717, 1.165) is 6.42 Å². The van der Waals surface area contributed by atoms with Gasteiger partial charge in [0.25, 0.3) is 5.91 Å². The molecule has 2 rings (SSSR count). The van der Waals surface area contributed by atoms with Crippen molar-refractivity contribution in [2.24, 2.45) is 5.92 Å². The van der Waals surface area contributed by atoms with Crippen LogP contribution in [0.3, 0.4) is 0 Å². The Balaban J connectivity index is 2.00. The van der Waals surface area contributed by atoms with Crippen molar-refractivity contribution < 1.29 is 9.59 Å². The van der Waals surface area contributed by atoms with E-state index >= 15 is 0 Å². The Morgan fingerprint density at radius 1 is 1.00 bits per heavy atom. The maximum atomic E-state index is 12.3. The summed E-state index contributed by atoms with van der Waals surface area (Å²) in [6, 6.07) is 15.9. The Hall–Kier alpha value is -2.68. The molecule has 0 saturated heterocycles. The number of hydrogen-bond donors (Lipinski definition) is 1. The van der Waals surface area contributed by atoms with Crippen LogP contribution in [0.25, 0.3) is 0 Å².